The van der Waals surface area contributed by atoms with Crippen molar-refractivity contribution in [2.75, 3.05) is 56.6 Å². The highest BCUT2D eigenvalue weighted by molar-refractivity contribution is 7.90. The number of hydrogen-bond acceptors (Lipinski definition) is 13. The molecule has 2 atom stereocenters. The average Bonchev–Trinajstić information content (AvgIpc) is 4.06. The van der Waals surface area contributed by atoms with Gasteiger partial charge in [-0.25, -0.2) is 13.1 Å². The van der Waals surface area contributed by atoms with Crippen LogP contribution in [-0.2, 0) is 10.0 Å². The maximum atomic E-state index is 14.5. The summed E-state index contributed by atoms with van der Waals surface area (Å²) in [5, 5.41) is 16.7. The third kappa shape index (κ3) is 10.2. The molecule has 4 aliphatic heterocycles. The van der Waals surface area contributed by atoms with Crippen LogP contribution in [0.3, 0.4) is 0 Å². The summed E-state index contributed by atoms with van der Waals surface area (Å²) in [5.41, 5.74) is 4.59. The quantitative estimate of drug-likeness (QED) is 0.0748. The highest BCUT2D eigenvalue weighted by Gasteiger charge is 2.50. The molecule has 3 N–H and O–H groups in total. The van der Waals surface area contributed by atoms with Crippen LogP contribution in [0.4, 0.5) is 17.1 Å². The fraction of sp³-hybridized carbons (Fsp3) is 0.544. The van der Waals surface area contributed by atoms with Gasteiger partial charge in [-0.2, -0.15) is 4.98 Å². The van der Waals surface area contributed by atoms with Crippen LogP contribution in [0, 0.1) is 26.9 Å². The number of fused-ring (bicyclic) bond motifs is 2. The van der Waals surface area contributed by atoms with E-state index in [-0.39, 0.29) is 69.9 Å². The number of likely N-dealkylation sites (tertiary alicyclic amines) is 2. The maximum absolute atomic E-state index is 14.5. The fourth-order valence-corrected chi connectivity index (χ4v) is 14.0. The molecule has 394 valence electrons. The minimum Gasteiger partial charge on any atom is -0.489 e. The van der Waals surface area contributed by atoms with Gasteiger partial charge < -0.3 is 34.3 Å². The first-order valence-corrected chi connectivity index (χ1v) is 28.5. The topological polar surface area (TPSA) is 184 Å². The fourth-order valence-electron chi connectivity index (χ4n) is 13.0. The van der Waals surface area contributed by atoms with E-state index in [9.17, 15) is 23.3 Å². The Morgan fingerprint density at radius 2 is 1.68 bits per heavy atom. The van der Waals surface area contributed by atoms with Crippen LogP contribution in [0.2, 0.25) is 0 Å². The largest absolute Gasteiger partial charge is 0.489 e. The second kappa shape index (κ2) is 20.0. The molecule has 3 saturated heterocycles. The molecule has 0 unspecified atom stereocenters. The van der Waals surface area contributed by atoms with Crippen molar-refractivity contribution in [3.8, 4) is 23.1 Å². The molecule has 3 aromatic carbocycles. The predicted octanol–water partition coefficient (Wildman–Crippen LogP) is 11.0. The van der Waals surface area contributed by atoms with Crippen LogP contribution in [0.1, 0.15) is 138 Å². The van der Waals surface area contributed by atoms with Crippen molar-refractivity contribution in [2.24, 2.45) is 16.7 Å². The van der Waals surface area contributed by atoms with Crippen molar-refractivity contribution < 1.29 is 32.3 Å². The minimum absolute atomic E-state index is 0.0462. The molecule has 1 spiro atoms. The van der Waals surface area contributed by atoms with Gasteiger partial charge in [0.1, 0.15) is 24.1 Å². The van der Waals surface area contributed by atoms with Crippen molar-refractivity contribution in [1.82, 2.24) is 24.5 Å². The molecule has 17 heteroatoms. The number of anilines is 2. The molecule has 11 rings (SSSR count). The van der Waals surface area contributed by atoms with E-state index in [1.165, 1.54) is 42.9 Å². The number of ether oxygens (including phenoxy) is 3. The van der Waals surface area contributed by atoms with Gasteiger partial charge in [-0.15, -0.1) is 0 Å². The number of amides is 1. The summed E-state index contributed by atoms with van der Waals surface area (Å²) < 4.78 is 50.2. The van der Waals surface area contributed by atoms with Crippen LogP contribution in [0.25, 0.3) is 11.0 Å². The van der Waals surface area contributed by atoms with Crippen molar-refractivity contribution in [2.45, 2.75) is 140 Å². The van der Waals surface area contributed by atoms with E-state index in [1.54, 1.807) is 18.3 Å². The van der Waals surface area contributed by atoms with Gasteiger partial charge in [0.25, 0.3) is 27.5 Å². The Bertz CT molecular complexity index is 3020. The van der Waals surface area contributed by atoms with Crippen LogP contribution >= 0.6 is 0 Å². The van der Waals surface area contributed by atoms with Crippen molar-refractivity contribution in [1.29, 1.82) is 0 Å². The molecule has 2 aromatic heterocycles. The standard InChI is InChI=1S/C57H72N8O8S/c1-36(2)43-9-6-7-10-44(43)47-11-8-24-64(47)40-33-57(34-40)21-27-63(28-22-57)39-12-13-45(49(30-39)73-51-29-38-16-23-58-53(38)60-55(51)72-41-17-25-62(5)26-18-41)54(66)61-74(69,70)42-31-48(65(67)68)52-50(32-42)71-35-46(59-52)37-14-19-56(3,4)20-15-37/h6-7,9-10,12-13,16,23,29-32,36-37,40-41,46-47,59H,8,11,14-15,17-22,24-28,33-35H2,1-5H3,(H,58,60)(H,61,66)/t46-,47-/m1/s1. The van der Waals surface area contributed by atoms with Crippen LogP contribution in [-0.4, -0.2) is 104 Å². The second-order valence-corrected chi connectivity index (χ2v) is 25.1. The molecule has 2 saturated carbocycles. The molecular formula is C57H72N8O8S. The molecule has 2 aliphatic carbocycles. The smallest absolute Gasteiger partial charge is 0.297 e. The molecule has 16 nitrogen and oxygen atoms in total. The van der Waals surface area contributed by atoms with Crippen molar-refractivity contribution in [3.05, 3.63) is 99.7 Å². The number of piperidine rings is 2. The summed E-state index contributed by atoms with van der Waals surface area (Å²) in [5.74, 6) is 0.485. The third-order valence-corrected chi connectivity index (χ3v) is 18.9. The Morgan fingerprint density at radius 1 is 0.919 bits per heavy atom. The highest BCUT2D eigenvalue weighted by atomic mass is 32.2. The second-order valence-electron chi connectivity index (χ2n) is 23.4. The van der Waals surface area contributed by atoms with E-state index >= 15 is 0 Å². The van der Waals surface area contributed by atoms with E-state index in [2.05, 4.69) is 88.7 Å². The molecule has 1 amide bonds. The number of aromatic amines is 1. The molecule has 0 bridgehead atoms. The lowest BCUT2D eigenvalue weighted by atomic mass is 9.59. The summed E-state index contributed by atoms with van der Waals surface area (Å²) in [6.07, 6.45) is 14.1. The monoisotopic (exact) mass is 1030 g/mol. The summed E-state index contributed by atoms with van der Waals surface area (Å²) in [4.78, 5) is 41.4. The van der Waals surface area contributed by atoms with Crippen molar-refractivity contribution >= 4 is 44.0 Å². The van der Waals surface area contributed by atoms with E-state index in [4.69, 9.17) is 19.2 Å². The van der Waals surface area contributed by atoms with E-state index in [0.717, 1.165) is 101 Å². The van der Waals surface area contributed by atoms with E-state index in [0.29, 0.717) is 23.6 Å². The Hall–Kier alpha value is -5.91. The summed E-state index contributed by atoms with van der Waals surface area (Å²) in [6, 6.07) is 21.1. The molecule has 74 heavy (non-hydrogen) atoms. The molecule has 0 radical (unpaired) electrons. The molecule has 6 heterocycles. The van der Waals surface area contributed by atoms with E-state index in [1.807, 2.05) is 18.2 Å². The Morgan fingerprint density at radius 3 is 2.42 bits per heavy atom. The molecular weight excluding hydrogens is 957 g/mol. The molecule has 5 aromatic rings. The third-order valence-electron chi connectivity index (χ3n) is 17.6. The van der Waals surface area contributed by atoms with Crippen molar-refractivity contribution in [3.63, 3.8) is 0 Å². The highest BCUT2D eigenvalue weighted by Crippen LogP contribution is 2.55. The lowest BCUT2D eigenvalue weighted by molar-refractivity contribution is -0.384. The first-order chi connectivity index (χ1) is 35.5. The first-order valence-electron chi connectivity index (χ1n) is 27.0. The number of benzene rings is 3. The van der Waals surface area contributed by atoms with E-state index < -0.39 is 31.4 Å². The molecule has 5 fully saturated rings. The number of carbonyl (C=O) groups is 1. The predicted molar refractivity (Wildman–Crippen MR) is 286 cm³/mol. The number of nitrogens with zero attached hydrogens (tertiary/aromatic N) is 5. The number of nitrogens with one attached hydrogen (secondary N) is 3. The summed E-state index contributed by atoms with van der Waals surface area (Å²) in [7, 11) is -2.60. The zero-order valence-electron chi connectivity index (χ0n) is 43.5. The van der Waals surface area contributed by atoms with Gasteiger partial charge in [-0.3, -0.25) is 19.8 Å². The number of carbonyl (C=O) groups excluding carboxylic acids is 1. The Balaban J connectivity index is 0.847. The number of nitro groups is 1. The number of pyridine rings is 1. The number of sulfonamides is 1. The number of aromatic nitrogens is 2. The number of H-pyrrole nitrogens is 1. The Labute approximate surface area is 435 Å². The normalized spacial score (nSPS) is 22.8. The van der Waals surface area contributed by atoms with Gasteiger partial charge in [0, 0.05) is 73.7 Å². The van der Waals surface area contributed by atoms with Gasteiger partial charge >= 0.3 is 0 Å². The lowest BCUT2D eigenvalue weighted by Gasteiger charge is -2.56. The number of hydrogen-bond donors (Lipinski definition) is 3. The summed E-state index contributed by atoms with van der Waals surface area (Å²) >= 11 is 0. The van der Waals surface area contributed by atoms with Gasteiger partial charge in [0.2, 0.25) is 0 Å². The minimum atomic E-state index is -4.69. The van der Waals surface area contributed by atoms with Crippen LogP contribution in [0.15, 0.2) is 77.8 Å². The van der Waals surface area contributed by atoms with Gasteiger partial charge in [0.15, 0.2) is 17.2 Å². The zero-order chi connectivity index (χ0) is 51.5. The average molecular weight is 1030 g/mol. The van der Waals surface area contributed by atoms with Gasteiger partial charge in [-0.05, 0) is 149 Å². The lowest BCUT2D eigenvalue weighted by Crippen LogP contribution is -2.54. The maximum Gasteiger partial charge on any atom is 0.297 e. The van der Waals surface area contributed by atoms with Crippen LogP contribution < -0.4 is 29.1 Å². The van der Waals surface area contributed by atoms with Gasteiger partial charge in [-0.1, -0.05) is 52.0 Å². The number of nitro benzene ring substituents is 1. The zero-order valence-corrected chi connectivity index (χ0v) is 44.3. The SMILES string of the molecule is CC(C)c1ccccc1[C@H]1CCCN1C1CC2(CCN(c3ccc(C(=O)NS(=O)(=O)c4cc5c(c([N+](=O)[O-])c4)N[C@@H](C4CCC(C)(C)CC4)CO5)c(Oc4cc5cc[nH]c5nc4OC4CCN(C)CC4)c3)CC2)C1. The Kier molecular flexibility index (Phi) is 13.6. The van der Waals surface area contributed by atoms with Crippen LogP contribution in [0.5, 0.6) is 23.1 Å². The number of rotatable bonds is 13. The molecule has 6 aliphatic rings. The summed E-state index contributed by atoms with van der Waals surface area (Å²) in [6.45, 7) is 13.8. The van der Waals surface area contributed by atoms with Gasteiger partial charge in [0.05, 0.1) is 21.4 Å². The first kappa shape index (κ1) is 50.3.